The summed E-state index contributed by atoms with van der Waals surface area (Å²) in [6, 6.07) is 18.4. The van der Waals surface area contributed by atoms with Crippen LogP contribution in [-0.2, 0) is 11.4 Å². The van der Waals surface area contributed by atoms with Crippen LogP contribution >= 0.6 is 39.3 Å². The van der Waals surface area contributed by atoms with Gasteiger partial charge in [-0.25, -0.2) is 4.68 Å². The molecule has 0 aliphatic carbocycles. The summed E-state index contributed by atoms with van der Waals surface area (Å²) in [5.74, 6) is 2.29. The fraction of sp³-hybridized carbons (Fsp3) is 0.258. The topological polar surface area (TPSA) is 90.3 Å². The van der Waals surface area contributed by atoms with Crippen LogP contribution in [0.15, 0.2) is 81.6 Å². The van der Waals surface area contributed by atoms with Crippen molar-refractivity contribution in [1.82, 2.24) is 14.8 Å². The summed E-state index contributed by atoms with van der Waals surface area (Å²) < 4.78 is 14.4. The fourth-order valence-electron chi connectivity index (χ4n) is 4.68. The number of methoxy groups -OCH3 is 1. The molecule has 0 fully saturated rings. The van der Waals surface area contributed by atoms with Gasteiger partial charge in [-0.2, -0.15) is 4.98 Å². The summed E-state index contributed by atoms with van der Waals surface area (Å²) in [6.07, 6.45) is 0.994. The number of rotatable bonds is 10. The zero-order valence-electron chi connectivity index (χ0n) is 23.7. The van der Waals surface area contributed by atoms with Gasteiger partial charge in [0, 0.05) is 22.2 Å². The Morgan fingerprint density at radius 2 is 1.95 bits per heavy atom. The van der Waals surface area contributed by atoms with Gasteiger partial charge >= 0.3 is 0 Å². The molecule has 0 radical (unpaired) electrons. The highest BCUT2D eigenvalue weighted by Gasteiger charge is 2.35. The summed E-state index contributed by atoms with van der Waals surface area (Å²) >= 11 is 11.3. The maximum Gasteiger partial charge on any atom is 0.255 e. The third-order valence-corrected chi connectivity index (χ3v) is 8.54. The van der Waals surface area contributed by atoms with E-state index < -0.39 is 6.04 Å². The quantitative estimate of drug-likeness (QED) is 0.166. The van der Waals surface area contributed by atoms with Crippen LogP contribution < -0.4 is 20.1 Å². The average molecular weight is 669 g/mol. The molecule has 0 bridgehead atoms. The number of fused-ring (bicyclic) bond motifs is 1. The molecule has 1 atom stereocenters. The summed E-state index contributed by atoms with van der Waals surface area (Å²) in [6.45, 7) is 6.31. The number of amides is 1. The number of ether oxygens (including phenoxy) is 2. The van der Waals surface area contributed by atoms with Crippen LogP contribution in [0.3, 0.4) is 0 Å². The number of hydrogen-bond acceptors (Lipinski definition) is 7. The van der Waals surface area contributed by atoms with Crippen LogP contribution in [0.25, 0.3) is 0 Å². The van der Waals surface area contributed by atoms with Crippen molar-refractivity contribution < 1.29 is 14.3 Å². The number of benzene rings is 3. The number of anilines is 2. The van der Waals surface area contributed by atoms with Crippen LogP contribution in [0, 0.1) is 6.92 Å². The molecule has 4 aromatic rings. The lowest BCUT2D eigenvalue weighted by atomic mass is 9.94. The number of thioether (sulfide) groups is 1. The van der Waals surface area contributed by atoms with Crippen LogP contribution in [0.5, 0.6) is 11.5 Å². The molecule has 0 spiro atoms. The molecule has 0 saturated carbocycles. The monoisotopic (exact) mass is 667 g/mol. The minimum atomic E-state index is -0.579. The third-order valence-electron chi connectivity index (χ3n) is 6.65. The molecule has 11 heteroatoms. The van der Waals surface area contributed by atoms with E-state index >= 15 is 0 Å². The Hall–Kier alpha value is -3.47. The molecule has 1 aliphatic heterocycles. The molecule has 0 saturated heterocycles. The Labute approximate surface area is 263 Å². The lowest BCUT2D eigenvalue weighted by Crippen LogP contribution is -2.31. The van der Waals surface area contributed by atoms with Crippen LogP contribution in [0.2, 0.25) is 5.02 Å². The van der Waals surface area contributed by atoms with E-state index in [4.69, 9.17) is 31.2 Å². The van der Waals surface area contributed by atoms with Gasteiger partial charge in [0.25, 0.3) is 5.91 Å². The minimum Gasteiger partial charge on any atom is -0.493 e. The Kier molecular flexibility index (Phi) is 9.45. The molecule has 1 amide bonds. The highest BCUT2D eigenvalue weighted by molar-refractivity contribution is 9.10. The normalized spacial score (nSPS) is 14.3. The van der Waals surface area contributed by atoms with Crippen molar-refractivity contribution in [2.75, 3.05) is 23.5 Å². The van der Waals surface area contributed by atoms with Gasteiger partial charge in [-0.1, -0.05) is 54.6 Å². The summed E-state index contributed by atoms with van der Waals surface area (Å²) in [7, 11) is 1.59. The van der Waals surface area contributed by atoms with E-state index in [-0.39, 0.29) is 5.91 Å². The van der Waals surface area contributed by atoms with Crippen molar-refractivity contribution in [2.45, 2.75) is 45.0 Å². The Balaban J connectivity index is 1.54. The smallest absolute Gasteiger partial charge is 0.255 e. The van der Waals surface area contributed by atoms with Crippen LogP contribution in [0.4, 0.5) is 11.6 Å². The van der Waals surface area contributed by atoms with Crippen LogP contribution in [0.1, 0.15) is 43.0 Å². The van der Waals surface area contributed by atoms with Crippen molar-refractivity contribution in [3.05, 3.63) is 98.1 Å². The molecule has 3 aromatic carbocycles. The van der Waals surface area contributed by atoms with E-state index in [9.17, 15) is 4.79 Å². The molecule has 2 N–H and O–H groups in total. The van der Waals surface area contributed by atoms with E-state index in [1.807, 2.05) is 74.5 Å². The Morgan fingerprint density at radius 3 is 2.67 bits per heavy atom. The number of halogens is 2. The molecule has 1 aromatic heterocycles. The summed E-state index contributed by atoms with van der Waals surface area (Å²) in [4.78, 5) is 18.6. The maximum absolute atomic E-state index is 13.9. The lowest BCUT2D eigenvalue weighted by Gasteiger charge is -2.29. The van der Waals surface area contributed by atoms with Gasteiger partial charge in [0.2, 0.25) is 11.1 Å². The average Bonchev–Trinajstić information content (AvgIpc) is 3.37. The number of hydrogen-bond donors (Lipinski definition) is 2. The predicted molar refractivity (Wildman–Crippen MR) is 172 cm³/mol. The highest BCUT2D eigenvalue weighted by Crippen LogP contribution is 2.43. The number of allylic oxidation sites excluding steroid dienone is 1. The standard InChI is InChI=1S/C31H31BrClN5O3S/c1-5-13-42-31-36-30-34-19(3)26(29(39)35-23-8-6-7-18(2)14-23)27(38(30)37-31)21-15-24(32)28(25(16-21)40-4)41-17-20-9-11-22(33)12-10-20/h6-12,14-16,27H,5,13,17H2,1-4H3,(H,35,39)(H,34,36,37). The van der Waals surface area contributed by atoms with E-state index in [2.05, 4.69) is 33.5 Å². The van der Waals surface area contributed by atoms with Crippen molar-refractivity contribution in [2.24, 2.45) is 0 Å². The molecular formula is C31H31BrClN5O3S. The lowest BCUT2D eigenvalue weighted by molar-refractivity contribution is -0.113. The number of nitrogens with zero attached hydrogens (tertiary/aromatic N) is 3. The van der Waals surface area contributed by atoms with E-state index in [1.54, 1.807) is 23.6 Å². The molecule has 218 valence electrons. The highest BCUT2D eigenvalue weighted by atomic mass is 79.9. The number of nitrogens with one attached hydrogen (secondary N) is 2. The Morgan fingerprint density at radius 1 is 1.17 bits per heavy atom. The van der Waals surface area contributed by atoms with Crippen LogP contribution in [-0.4, -0.2) is 33.5 Å². The molecule has 2 heterocycles. The summed E-state index contributed by atoms with van der Waals surface area (Å²) in [5, 5.41) is 12.5. The predicted octanol–water partition coefficient (Wildman–Crippen LogP) is 8.02. The third kappa shape index (κ3) is 6.61. The Bertz CT molecular complexity index is 1640. The first-order valence-electron chi connectivity index (χ1n) is 13.5. The number of aromatic nitrogens is 3. The number of carbonyl (C=O) groups excluding carboxylic acids is 1. The van der Waals surface area contributed by atoms with Gasteiger partial charge in [-0.3, -0.25) is 4.79 Å². The number of aryl methyl sites for hydroxylation is 1. The first-order chi connectivity index (χ1) is 20.3. The molecule has 8 nitrogen and oxygen atoms in total. The van der Waals surface area contributed by atoms with E-state index in [0.717, 1.165) is 28.9 Å². The zero-order chi connectivity index (χ0) is 29.8. The first kappa shape index (κ1) is 30.0. The second-order valence-electron chi connectivity index (χ2n) is 9.85. The molecule has 1 aliphatic rings. The SMILES string of the molecule is CCCSc1nc2n(n1)C(c1cc(Br)c(OCc3ccc(Cl)cc3)c(OC)c1)C(C(=O)Nc1cccc(C)c1)=C(C)N2. The number of carbonyl (C=O) groups is 1. The van der Waals surface area contributed by atoms with E-state index in [0.29, 0.717) is 55.7 Å². The second kappa shape index (κ2) is 13.2. The molecule has 5 rings (SSSR count). The zero-order valence-corrected chi connectivity index (χ0v) is 26.9. The molecule has 42 heavy (non-hydrogen) atoms. The van der Waals surface area contributed by atoms with Gasteiger partial charge in [0.15, 0.2) is 11.5 Å². The van der Waals surface area contributed by atoms with Crippen molar-refractivity contribution in [3.8, 4) is 11.5 Å². The maximum atomic E-state index is 13.9. The minimum absolute atomic E-state index is 0.238. The summed E-state index contributed by atoms with van der Waals surface area (Å²) in [5.41, 5.74) is 4.72. The van der Waals surface area contributed by atoms with Gasteiger partial charge in [0.05, 0.1) is 17.2 Å². The largest absolute Gasteiger partial charge is 0.493 e. The van der Waals surface area contributed by atoms with Gasteiger partial charge in [-0.15, -0.1) is 5.10 Å². The van der Waals surface area contributed by atoms with Crippen molar-refractivity contribution in [1.29, 1.82) is 0 Å². The van der Waals surface area contributed by atoms with Gasteiger partial charge < -0.3 is 20.1 Å². The van der Waals surface area contributed by atoms with Crippen molar-refractivity contribution in [3.63, 3.8) is 0 Å². The fourth-order valence-corrected chi connectivity index (χ4v) is 6.07. The van der Waals surface area contributed by atoms with Gasteiger partial charge in [-0.05, 0) is 89.3 Å². The second-order valence-corrected chi connectivity index (χ2v) is 12.2. The molecule has 1 unspecified atom stereocenters. The molecular weight excluding hydrogens is 638 g/mol. The van der Waals surface area contributed by atoms with Crippen molar-refractivity contribution >= 4 is 56.8 Å². The first-order valence-corrected chi connectivity index (χ1v) is 15.6. The van der Waals surface area contributed by atoms with Gasteiger partial charge in [0.1, 0.15) is 12.6 Å². The van der Waals surface area contributed by atoms with E-state index in [1.165, 1.54) is 0 Å².